The lowest BCUT2D eigenvalue weighted by Crippen LogP contribution is -2.34. The summed E-state index contributed by atoms with van der Waals surface area (Å²) in [5, 5.41) is 10.1. The molecule has 0 saturated carbocycles. The Morgan fingerprint density at radius 1 is 1.19 bits per heavy atom. The number of ether oxygens (including phenoxy) is 1. The van der Waals surface area contributed by atoms with Crippen molar-refractivity contribution in [3.8, 4) is 5.75 Å². The van der Waals surface area contributed by atoms with Gasteiger partial charge in [0, 0.05) is 4.90 Å². The van der Waals surface area contributed by atoms with Crippen LogP contribution in [-0.4, -0.2) is 23.6 Å². The average molecular weight is 240 g/mol. The number of benzene rings is 1. The molecule has 2 nitrogen and oxygen atoms in total. The van der Waals surface area contributed by atoms with Gasteiger partial charge in [0.25, 0.3) is 0 Å². The molecular weight excluding hydrogens is 220 g/mol. The molecule has 0 unspecified atom stereocenters. The van der Waals surface area contributed by atoms with Crippen LogP contribution in [0.2, 0.25) is 0 Å². The Bertz CT molecular complexity index is 304. The SMILES string of the molecule is CCC(O)(CC)COc1ccc(SC)cc1. The van der Waals surface area contributed by atoms with Gasteiger partial charge in [-0.3, -0.25) is 0 Å². The molecule has 0 heterocycles. The fraction of sp³-hybridized carbons (Fsp3) is 0.538. The molecule has 0 saturated heterocycles. The lowest BCUT2D eigenvalue weighted by atomic mass is 9.99. The van der Waals surface area contributed by atoms with E-state index in [0.717, 1.165) is 5.75 Å². The first kappa shape index (κ1) is 13.4. The Labute approximate surface area is 102 Å². The number of thioether (sulfide) groups is 1. The minimum Gasteiger partial charge on any atom is -0.491 e. The van der Waals surface area contributed by atoms with Crippen LogP contribution in [0.15, 0.2) is 29.2 Å². The monoisotopic (exact) mass is 240 g/mol. The van der Waals surface area contributed by atoms with Crippen LogP contribution in [0, 0.1) is 0 Å². The van der Waals surface area contributed by atoms with Crippen LogP contribution in [0.3, 0.4) is 0 Å². The molecule has 3 heteroatoms. The molecule has 0 spiro atoms. The van der Waals surface area contributed by atoms with Crippen LogP contribution in [0.25, 0.3) is 0 Å². The Balaban J connectivity index is 2.54. The van der Waals surface area contributed by atoms with E-state index >= 15 is 0 Å². The van der Waals surface area contributed by atoms with Gasteiger partial charge in [-0.25, -0.2) is 0 Å². The van der Waals surface area contributed by atoms with Crippen LogP contribution in [0.4, 0.5) is 0 Å². The maximum absolute atomic E-state index is 10.1. The number of aliphatic hydroxyl groups is 1. The molecule has 0 aliphatic carbocycles. The van der Waals surface area contributed by atoms with Crippen LogP contribution in [-0.2, 0) is 0 Å². The molecule has 0 aromatic heterocycles. The van der Waals surface area contributed by atoms with Crippen molar-refractivity contribution in [1.82, 2.24) is 0 Å². The zero-order chi connectivity index (χ0) is 12.0. The Morgan fingerprint density at radius 3 is 2.19 bits per heavy atom. The molecular formula is C13H20O2S. The van der Waals surface area contributed by atoms with Gasteiger partial charge in [-0.2, -0.15) is 0 Å². The number of hydrogen-bond acceptors (Lipinski definition) is 3. The van der Waals surface area contributed by atoms with Gasteiger partial charge in [-0.1, -0.05) is 13.8 Å². The highest BCUT2D eigenvalue weighted by Crippen LogP contribution is 2.21. The Kier molecular flexibility index (Phi) is 5.16. The van der Waals surface area contributed by atoms with E-state index in [9.17, 15) is 5.11 Å². The van der Waals surface area contributed by atoms with Gasteiger partial charge in [-0.15, -0.1) is 11.8 Å². The molecule has 1 N–H and O–H groups in total. The zero-order valence-electron chi connectivity index (χ0n) is 10.2. The molecule has 0 radical (unpaired) electrons. The van der Waals surface area contributed by atoms with Gasteiger partial charge in [-0.05, 0) is 43.4 Å². The molecule has 0 atom stereocenters. The maximum Gasteiger partial charge on any atom is 0.119 e. The summed E-state index contributed by atoms with van der Waals surface area (Å²) in [6, 6.07) is 7.93. The zero-order valence-corrected chi connectivity index (χ0v) is 11.0. The van der Waals surface area contributed by atoms with Crippen molar-refractivity contribution in [2.75, 3.05) is 12.9 Å². The molecule has 0 aliphatic heterocycles. The smallest absolute Gasteiger partial charge is 0.119 e. The highest BCUT2D eigenvalue weighted by molar-refractivity contribution is 7.98. The van der Waals surface area contributed by atoms with Crippen LogP contribution in [0.5, 0.6) is 5.75 Å². The van der Waals surface area contributed by atoms with E-state index in [1.165, 1.54) is 4.90 Å². The molecule has 1 rings (SSSR count). The van der Waals surface area contributed by atoms with Crippen molar-refractivity contribution in [3.05, 3.63) is 24.3 Å². The fourth-order valence-corrected chi connectivity index (χ4v) is 1.75. The van der Waals surface area contributed by atoms with Gasteiger partial charge in [0.1, 0.15) is 12.4 Å². The molecule has 0 bridgehead atoms. The van der Waals surface area contributed by atoms with Gasteiger partial charge in [0.05, 0.1) is 5.60 Å². The second-order valence-electron chi connectivity index (χ2n) is 3.90. The second-order valence-corrected chi connectivity index (χ2v) is 4.78. The quantitative estimate of drug-likeness (QED) is 0.773. The van der Waals surface area contributed by atoms with E-state index in [2.05, 4.69) is 0 Å². The predicted molar refractivity (Wildman–Crippen MR) is 69.2 cm³/mol. The molecule has 16 heavy (non-hydrogen) atoms. The highest BCUT2D eigenvalue weighted by atomic mass is 32.2. The number of hydrogen-bond donors (Lipinski definition) is 1. The molecule has 1 aromatic carbocycles. The summed E-state index contributed by atoms with van der Waals surface area (Å²) in [5.74, 6) is 0.818. The van der Waals surface area contributed by atoms with E-state index in [1.54, 1.807) is 11.8 Å². The summed E-state index contributed by atoms with van der Waals surface area (Å²) in [6.07, 6.45) is 3.47. The summed E-state index contributed by atoms with van der Waals surface area (Å²) in [4.78, 5) is 1.22. The Morgan fingerprint density at radius 2 is 1.75 bits per heavy atom. The molecule has 90 valence electrons. The van der Waals surface area contributed by atoms with Gasteiger partial charge < -0.3 is 9.84 Å². The van der Waals surface area contributed by atoms with E-state index in [-0.39, 0.29) is 0 Å². The topological polar surface area (TPSA) is 29.5 Å². The lowest BCUT2D eigenvalue weighted by Gasteiger charge is -2.25. The first-order valence-corrected chi connectivity index (χ1v) is 6.85. The minimum atomic E-state index is -0.696. The summed E-state index contributed by atoms with van der Waals surface area (Å²) in [5.41, 5.74) is -0.696. The summed E-state index contributed by atoms with van der Waals surface area (Å²) < 4.78 is 5.59. The number of rotatable bonds is 6. The van der Waals surface area contributed by atoms with Gasteiger partial charge >= 0.3 is 0 Å². The predicted octanol–water partition coefficient (Wildman–Crippen LogP) is 3.34. The van der Waals surface area contributed by atoms with E-state index < -0.39 is 5.60 Å². The standard InChI is InChI=1S/C13H20O2S/c1-4-13(14,5-2)10-15-11-6-8-12(16-3)9-7-11/h6-9,14H,4-5,10H2,1-3H3. The second kappa shape index (κ2) is 6.16. The molecule has 0 aliphatic rings. The van der Waals surface area contributed by atoms with Crippen molar-refractivity contribution in [1.29, 1.82) is 0 Å². The van der Waals surface area contributed by atoms with Crippen molar-refractivity contribution in [3.63, 3.8) is 0 Å². The van der Waals surface area contributed by atoms with Crippen LogP contribution in [0.1, 0.15) is 26.7 Å². The normalized spacial score (nSPS) is 11.5. The first-order chi connectivity index (χ1) is 7.63. The van der Waals surface area contributed by atoms with Crippen molar-refractivity contribution in [2.24, 2.45) is 0 Å². The fourth-order valence-electron chi connectivity index (χ4n) is 1.34. The third-order valence-electron chi connectivity index (χ3n) is 2.88. The molecule has 0 fully saturated rings. The van der Waals surface area contributed by atoms with Crippen molar-refractivity contribution in [2.45, 2.75) is 37.2 Å². The molecule has 1 aromatic rings. The van der Waals surface area contributed by atoms with Crippen LogP contribution >= 0.6 is 11.8 Å². The van der Waals surface area contributed by atoms with E-state index in [0.29, 0.717) is 19.4 Å². The minimum absolute atomic E-state index is 0.360. The molecule has 0 amide bonds. The van der Waals surface area contributed by atoms with E-state index in [1.807, 2.05) is 44.4 Å². The van der Waals surface area contributed by atoms with Crippen molar-refractivity contribution < 1.29 is 9.84 Å². The third kappa shape index (κ3) is 3.72. The summed E-state index contributed by atoms with van der Waals surface area (Å²) in [6.45, 7) is 4.31. The first-order valence-electron chi connectivity index (χ1n) is 5.63. The largest absolute Gasteiger partial charge is 0.491 e. The average Bonchev–Trinajstić information content (AvgIpc) is 2.36. The van der Waals surface area contributed by atoms with E-state index in [4.69, 9.17) is 4.74 Å². The maximum atomic E-state index is 10.1. The Hall–Kier alpha value is -0.670. The van der Waals surface area contributed by atoms with Gasteiger partial charge in [0.15, 0.2) is 0 Å². The van der Waals surface area contributed by atoms with Crippen LogP contribution < -0.4 is 4.74 Å². The lowest BCUT2D eigenvalue weighted by molar-refractivity contribution is -0.0113. The van der Waals surface area contributed by atoms with Gasteiger partial charge in [0.2, 0.25) is 0 Å². The third-order valence-corrected chi connectivity index (χ3v) is 3.63. The summed E-state index contributed by atoms with van der Waals surface area (Å²) in [7, 11) is 0. The van der Waals surface area contributed by atoms with Crippen molar-refractivity contribution >= 4 is 11.8 Å². The summed E-state index contributed by atoms with van der Waals surface area (Å²) >= 11 is 1.71. The highest BCUT2D eigenvalue weighted by Gasteiger charge is 2.22.